The third-order valence-electron chi connectivity index (χ3n) is 17.4. The van der Waals surface area contributed by atoms with Gasteiger partial charge in [0.2, 0.25) is 0 Å². The molecule has 1 aromatic rings. The summed E-state index contributed by atoms with van der Waals surface area (Å²) in [6.07, 6.45) is 1.85. The van der Waals surface area contributed by atoms with Gasteiger partial charge in [-0.1, -0.05) is 0 Å². The van der Waals surface area contributed by atoms with Crippen molar-refractivity contribution >= 4 is 11.8 Å². The topological polar surface area (TPSA) is 43.4 Å². The third-order valence-corrected chi connectivity index (χ3v) is 60.3. The minimum absolute atomic E-state index is 0.152. The van der Waals surface area contributed by atoms with Gasteiger partial charge >= 0.3 is 148 Å². The second-order valence-corrected chi connectivity index (χ2v) is 36.3. The molecule has 0 N–H and O–H groups in total. The van der Waals surface area contributed by atoms with Crippen molar-refractivity contribution in [2.24, 2.45) is 0 Å². The van der Waals surface area contributed by atoms with Gasteiger partial charge in [-0.05, 0) is 0 Å². The summed E-state index contributed by atoms with van der Waals surface area (Å²) in [7, 11) is 0. The van der Waals surface area contributed by atoms with Crippen LogP contribution in [-0.4, -0.2) is 18.4 Å². The predicted octanol–water partition coefficient (Wildman–Crippen LogP) is 5.51. The molecule has 1 aromatic carbocycles. The number of carbonyl (C=O) groups is 2. The van der Waals surface area contributed by atoms with Crippen LogP contribution in [0.25, 0.3) is 0 Å². The van der Waals surface area contributed by atoms with Crippen molar-refractivity contribution < 1.29 is 20.8 Å². The summed E-state index contributed by atoms with van der Waals surface area (Å²) in [5.41, 5.74) is 2.33. The molecule has 0 radical (unpaired) electrons. The van der Waals surface area contributed by atoms with Gasteiger partial charge in [0.1, 0.15) is 0 Å². The predicted molar refractivity (Wildman–Crippen MR) is 96.5 cm³/mol. The normalized spacial score (nSPS) is 82.4. The molecule has 140 valence electrons. The Hall–Kier alpha value is -1.38. The van der Waals surface area contributed by atoms with E-state index >= 15 is 0 Å². The summed E-state index contributed by atoms with van der Waals surface area (Å²) in [6.45, 7) is 0.643. The summed E-state index contributed by atoms with van der Waals surface area (Å²) in [6, 6.07) is 10.2. The van der Waals surface area contributed by atoms with Gasteiger partial charge < -0.3 is 0 Å². The van der Waals surface area contributed by atoms with Gasteiger partial charge in [-0.3, -0.25) is 0 Å². The number of hydrogen-bond acceptors (Lipinski definition) is 3. The van der Waals surface area contributed by atoms with Crippen LogP contribution in [0.1, 0.15) is 24.2 Å². The van der Waals surface area contributed by atoms with Gasteiger partial charge in [0.05, 0.1) is 0 Å². The van der Waals surface area contributed by atoms with Crippen molar-refractivity contribution in [1.29, 1.82) is 0 Å². The summed E-state index contributed by atoms with van der Waals surface area (Å²) in [4.78, 5) is 33.9. The van der Waals surface area contributed by atoms with Crippen molar-refractivity contribution in [1.82, 2.24) is 0 Å². The second kappa shape index (κ2) is 1.38. The van der Waals surface area contributed by atoms with Crippen LogP contribution in [0, 0.1) is 0 Å². The van der Waals surface area contributed by atoms with Gasteiger partial charge in [0, 0.05) is 0 Å². The average molecular weight is 402 g/mol. The molecule has 10 aliphatic rings. The number of fused-ring (bicyclic) bond motifs is 10. The quantitative estimate of drug-likeness (QED) is 0.282. The molecule has 10 aliphatic heterocycles. The Labute approximate surface area is 147 Å². The van der Waals surface area contributed by atoms with Crippen LogP contribution >= 0.6 is 0 Å². The molecule has 8 unspecified atom stereocenters. The molecule has 10 fully saturated rings. The molecule has 0 amide bonds. The number of rotatable bonds is 5. The number of hydrogen-bond donors (Lipinski definition) is 0. The first kappa shape index (κ1) is 12.2. The van der Waals surface area contributed by atoms with Crippen molar-refractivity contribution in [3.63, 3.8) is 0 Å². The van der Waals surface area contributed by atoms with Gasteiger partial charge in [0.15, 0.2) is 0 Å². The Morgan fingerprint density at radius 2 is 1.56 bits per heavy atom. The van der Waals surface area contributed by atoms with Crippen molar-refractivity contribution in [2.75, 3.05) is 6.61 Å². The Balaban J connectivity index is 1.23. The van der Waals surface area contributed by atoms with Crippen LogP contribution in [0.15, 0.2) is 42.0 Å². The van der Waals surface area contributed by atoms with E-state index in [1.165, 1.54) is 5.57 Å². The molecule has 3 nitrogen and oxygen atoms in total. The van der Waals surface area contributed by atoms with E-state index in [9.17, 15) is 9.59 Å². The van der Waals surface area contributed by atoms with Gasteiger partial charge in [-0.25, -0.2) is 0 Å². The SMILES string of the molecule is CCOC(=O)C=C(C)[C]12[CH]3[CH]4[CH]5[CH]1[Fe]45321678[CH]2[CH]1[CH]6[C]7(C(=O)c1ccccc1)[CH]28. The van der Waals surface area contributed by atoms with Crippen LogP contribution in [-0.2, 0) is 16.0 Å². The molecule has 8 atom stereocenters. The van der Waals surface area contributed by atoms with Crippen LogP contribution in [0.4, 0.5) is 0 Å². The minimum atomic E-state index is -3.91. The second-order valence-electron chi connectivity index (χ2n) is 13.1. The first-order valence-corrected chi connectivity index (χ1v) is 16.7. The Kier molecular flexibility index (Phi) is 0.627. The van der Waals surface area contributed by atoms with Crippen LogP contribution in [0.3, 0.4) is 0 Å². The maximum atomic E-state index is 14.0. The fourth-order valence-corrected chi connectivity index (χ4v) is 96.0. The Morgan fingerprint density at radius 3 is 2.07 bits per heavy atom. The van der Waals surface area contributed by atoms with E-state index < -0.39 is 6.51 Å². The molecule has 10 heterocycles. The van der Waals surface area contributed by atoms with E-state index in [0.717, 1.165) is 44.1 Å². The summed E-state index contributed by atoms with van der Waals surface area (Å²) < 4.78 is 5.81. The molecule has 11 rings (SSSR count). The average Bonchev–Trinajstić information content (AvgIpc) is 3.61. The number of ketones is 1. The molecular weight excluding hydrogens is 380 g/mol. The van der Waals surface area contributed by atoms with Gasteiger partial charge in [-0.2, -0.15) is 0 Å². The molecule has 0 saturated carbocycles. The molecule has 0 aromatic heterocycles. The van der Waals surface area contributed by atoms with E-state index in [0.29, 0.717) is 16.7 Å². The van der Waals surface area contributed by atoms with E-state index in [2.05, 4.69) is 19.1 Å². The molecule has 27 heavy (non-hydrogen) atoms. The Morgan fingerprint density at radius 1 is 1.00 bits per heavy atom. The molecule has 0 bridgehead atoms. The molecule has 10 saturated heterocycles. The number of benzene rings is 1. The zero-order chi connectivity index (χ0) is 17.9. The molecule has 0 aliphatic carbocycles. The molecule has 1 spiro atoms. The first-order chi connectivity index (χ1) is 12.8. The van der Waals surface area contributed by atoms with Crippen molar-refractivity contribution in [3.8, 4) is 0 Å². The third kappa shape index (κ3) is 0.193. The van der Waals surface area contributed by atoms with Crippen molar-refractivity contribution in [3.05, 3.63) is 47.5 Å². The van der Waals surface area contributed by atoms with Crippen molar-refractivity contribution in [2.45, 2.75) is 61.0 Å². The number of carbonyl (C=O) groups excluding carboxylic acids is 2. The number of Topliss-reactive ketones (excluding diaryl/α,β-unsaturated/α-hetero) is 1. The van der Waals surface area contributed by atoms with Crippen LogP contribution in [0.5, 0.6) is 0 Å². The zero-order valence-corrected chi connectivity index (χ0v) is 16.5. The zero-order valence-electron chi connectivity index (χ0n) is 15.4. The van der Waals surface area contributed by atoms with E-state index in [-0.39, 0.29) is 10.3 Å². The van der Waals surface area contributed by atoms with Crippen LogP contribution < -0.4 is 0 Å². The van der Waals surface area contributed by atoms with Gasteiger partial charge in [0.25, 0.3) is 0 Å². The standard InChI is InChI=1S/C12H9O.C11H13O2.Fe/c13-12(11-8-4-5-9-11)10-6-2-1-3-7-10;1-3-13-11(12)8-9(2)10-6-4-5-7-10;/h1-9H;4-8H,3H2,1-2H3;. The number of allylic oxidation sites excluding steroid dienone is 1. The van der Waals surface area contributed by atoms with E-state index in [1.807, 2.05) is 31.2 Å². The first-order valence-electron chi connectivity index (χ1n) is 10.5. The fourth-order valence-electron chi connectivity index (χ4n) is 19.5. The Bertz CT molecular complexity index is 1530. The fraction of sp³-hybridized carbons (Fsp3) is 0.565. The monoisotopic (exact) mass is 402 g/mol. The molecular formula is C23H22FeO3. The molecule has 4 heteroatoms. The maximum absolute atomic E-state index is 14.0. The van der Waals surface area contributed by atoms with E-state index in [4.69, 9.17) is 4.74 Å². The van der Waals surface area contributed by atoms with Crippen LogP contribution in [0.2, 0.25) is 47.2 Å². The van der Waals surface area contributed by atoms with E-state index in [1.54, 1.807) is 0 Å². The number of esters is 1. The van der Waals surface area contributed by atoms with Gasteiger partial charge in [-0.15, -0.1) is 0 Å². The number of ether oxygens (including phenoxy) is 1. The summed E-state index contributed by atoms with van der Waals surface area (Å²) >= 11 is 0. The summed E-state index contributed by atoms with van der Waals surface area (Å²) in [5, 5.41) is 0. The summed E-state index contributed by atoms with van der Waals surface area (Å²) in [5.74, 6) is 0.396.